The number of unbranched alkanes of at least 4 members (excludes halogenated alkanes) is 1. The number of rotatable bonds is 11. The SMILES string of the molecule is C\C=C(Cl)/C=C(S[B]Nc1ccc(F)c(-c2cn3cnc(C(=O)O)c3cn2)c1F)\C(=C\CCC)OC. The van der Waals surface area contributed by atoms with Crippen molar-refractivity contribution in [3.8, 4) is 11.3 Å². The second-order valence-electron chi connectivity index (χ2n) is 7.37. The predicted octanol–water partition coefficient (Wildman–Crippen LogP) is 6.41. The number of halogens is 3. The van der Waals surface area contributed by atoms with Crippen LogP contribution in [0.4, 0.5) is 14.5 Å². The normalized spacial score (nSPS) is 12.7. The summed E-state index contributed by atoms with van der Waals surface area (Å²) < 4.78 is 36.9. The van der Waals surface area contributed by atoms with Crippen LogP contribution in [-0.4, -0.2) is 39.2 Å². The smallest absolute Gasteiger partial charge is 0.356 e. The number of carboxylic acid groups (broad SMARTS) is 1. The summed E-state index contributed by atoms with van der Waals surface area (Å²) in [4.78, 5) is 19.8. The Morgan fingerprint density at radius 1 is 1.36 bits per heavy atom. The predicted molar refractivity (Wildman–Crippen MR) is 140 cm³/mol. The minimum Gasteiger partial charge on any atom is -0.496 e. The first-order valence-electron chi connectivity index (χ1n) is 10.9. The number of hydrogen-bond donors (Lipinski definition) is 2. The van der Waals surface area contributed by atoms with E-state index in [0.29, 0.717) is 15.7 Å². The first kappa shape index (κ1) is 27.3. The third-order valence-electron chi connectivity index (χ3n) is 5.00. The summed E-state index contributed by atoms with van der Waals surface area (Å²) >= 11 is 7.42. The maximum Gasteiger partial charge on any atom is 0.356 e. The number of ether oxygens (including phenoxy) is 1. The fourth-order valence-electron chi connectivity index (χ4n) is 3.18. The molecule has 1 radical (unpaired) electrons. The molecule has 7 nitrogen and oxygen atoms in total. The van der Waals surface area contributed by atoms with Crippen molar-refractivity contribution in [1.29, 1.82) is 0 Å². The molecule has 3 rings (SSSR count). The molecule has 0 unspecified atom stereocenters. The third-order valence-corrected chi connectivity index (χ3v) is 6.13. The van der Waals surface area contributed by atoms with Gasteiger partial charge in [-0.25, -0.2) is 18.6 Å². The van der Waals surface area contributed by atoms with Crippen molar-refractivity contribution in [1.82, 2.24) is 14.4 Å². The van der Waals surface area contributed by atoms with Crippen molar-refractivity contribution < 1.29 is 23.4 Å². The molecular formula is C24H23BClF2N4O3S. The fourth-order valence-corrected chi connectivity index (χ4v) is 4.14. The summed E-state index contributed by atoms with van der Waals surface area (Å²) in [5, 5.41) is 12.6. The molecule has 0 spiro atoms. The van der Waals surface area contributed by atoms with Gasteiger partial charge in [0.1, 0.15) is 17.9 Å². The highest BCUT2D eigenvalue weighted by atomic mass is 35.5. The van der Waals surface area contributed by atoms with Crippen molar-refractivity contribution in [2.75, 3.05) is 12.3 Å². The topological polar surface area (TPSA) is 88.8 Å². The molecule has 12 heteroatoms. The van der Waals surface area contributed by atoms with Crippen LogP contribution in [0.3, 0.4) is 0 Å². The Morgan fingerprint density at radius 3 is 2.81 bits per heavy atom. The monoisotopic (exact) mass is 531 g/mol. The summed E-state index contributed by atoms with van der Waals surface area (Å²) in [7, 11) is 1.56. The molecule has 0 aliphatic rings. The van der Waals surface area contributed by atoms with Crippen molar-refractivity contribution in [3.05, 3.63) is 82.1 Å². The number of methoxy groups -OCH3 is 1. The molecule has 2 heterocycles. The lowest BCUT2D eigenvalue weighted by Gasteiger charge is -2.13. The van der Waals surface area contributed by atoms with E-state index < -0.39 is 17.6 Å². The van der Waals surface area contributed by atoms with Crippen LogP contribution in [0.2, 0.25) is 0 Å². The second-order valence-corrected chi connectivity index (χ2v) is 8.72. The Kier molecular flexibility index (Phi) is 9.55. The number of nitrogens with one attached hydrogen (secondary N) is 1. The highest BCUT2D eigenvalue weighted by Crippen LogP contribution is 2.31. The number of anilines is 1. The largest absolute Gasteiger partial charge is 0.496 e. The second kappa shape index (κ2) is 12.6. The first-order valence-corrected chi connectivity index (χ1v) is 12.1. The van der Waals surface area contributed by atoms with Crippen LogP contribution in [0, 0.1) is 11.6 Å². The molecule has 0 fully saturated rings. The van der Waals surface area contributed by atoms with Crippen molar-refractivity contribution in [3.63, 3.8) is 0 Å². The average Bonchev–Trinajstić information content (AvgIpc) is 3.29. The number of hydrogen-bond acceptors (Lipinski definition) is 6. The number of imidazole rings is 1. The molecule has 2 aromatic heterocycles. The highest BCUT2D eigenvalue weighted by molar-refractivity contribution is 8.25. The standard InChI is InChI=1S/C24H23BClF2N4O3S/c1-4-6-7-19(35-3)20(10-14(26)5-2)36-25-31-16-9-8-15(27)21(22(16)28)17-12-32-13-30-23(24(33)34)18(32)11-29-17/h5,7-13,31H,4,6H2,1-3H3,(H,33,34)/b14-5+,19-7-,20-10+. The minimum absolute atomic E-state index is 0.0191. The van der Waals surface area contributed by atoms with Gasteiger partial charge >= 0.3 is 12.7 Å². The van der Waals surface area contributed by atoms with Gasteiger partial charge in [-0.1, -0.05) is 31.0 Å². The van der Waals surface area contributed by atoms with Crippen LogP contribution in [0.15, 0.2) is 64.8 Å². The molecule has 3 aromatic rings. The number of carbonyl (C=O) groups is 1. The quantitative estimate of drug-likeness (QED) is 0.168. The van der Waals surface area contributed by atoms with E-state index in [1.165, 1.54) is 47.5 Å². The lowest BCUT2D eigenvalue weighted by molar-refractivity contribution is 0.0693. The van der Waals surface area contributed by atoms with E-state index in [-0.39, 0.29) is 28.2 Å². The number of nitrogens with zero attached hydrogens (tertiary/aromatic N) is 3. The molecule has 0 aliphatic heterocycles. The van der Waals surface area contributed by atoms with E-state index in [2.05, 4.69) is 15.2 Å². The zero-order valence-electron chi connectivity index (χ0n) is 19.8. The molecular weight excluding hydrogens is 509 g/mol. The average molecular weight is 532 g/mol. The molecule has 0 saturated heterocycles. The van der Waals surface area contributed by atoms with E-state index in [4.69, 9.17) is 16.3 Å². The summed E-state index contributed by atoms with van der Waals surface area (Å²) in [6, 6.07) is 2.40. The number of fused-ring (bicyclic) bond motifs is 1. The Morgan fingerprint density at radius 2 is 2.14 bits per heavy atom. The summed E-state index contributed by atoms with van der Waals surface area (Å²) in [6.45, 7) is 5.39. The van der Waals surface area contributed by atoms with Gasteiger partial charge in [-0.2, -0.15) is 0 Å². The van der Waals surface area contributed by atoms with Crippen LogP contribution >= 0.6 is 23.2 Å². The Balaban J connectivity index is 1.87. The van der Waals surface area contributed by atoms with Gasteiger partial charge in [0.15, 0.2) is 11.5 Å². The fraction of sp³-hybridized carbons (Fsp3) is 0.208. The lowest BCUT2D eigenvalue weighted by atomic mass is 10.1. The number of benzene rings is 1. The van der Waals surface area contributed by atoms with Gasteiger partial charge < -0.3 is 19.5 Å². The van der Waals surface area contributed by atoms with Crippen LogP contribution < -0.4 is 5.23 Å². The summed E-state index contributed by atoms with van der Waals surface area (Å²) in [5.41, 5.74) is -0.366. The third kappa shape index (κ3) is 6.27. The lowest BCUT2D eigenvalue weighted by Crippen LogP contribution is -2.07. The van der Waals surface area contributed by atoms with Crippen molar-refractivity contribution in [2.24, 2.45) is 0 Å². The van der Waals surface area contributed by atoms with Gasteiger partial charge in [-0.05, 0) is 37.6 Å². The van der Waals surface area contributed by atoms with E-state index in [9.17, 15) is 14.3 Å². The minimum atomic E-state index is -1.23. The maximum atomic E-state index is 15.4. The van der Waals surface area contributed by atoms with E-state index in [0.717, 1.165) is 18.9 Å². The maximum absolute atomic E-state index is 15.4. The van der Waals surface area contributed by atoms with Gasteiger partial charge in [0, 0.05) is 16.1 Å². The summed E-state index contributed by atoms with van der Waals surface area (Å²) in [5.74, 6) is -2.28. The molecule has 0 amide bonds. The van der Waals surface area contributed by atoms with Gasteiger partial charge in [0.2, 0.25) is 0 Å². The molecule has 2 N–H and O–H groups in total. The molecule has 0 atom stereocenters. The number of allylic oxidation sites excluding steroid dienone is 4. The molecule has 0 saturated carbocycles. The molecule has 187 valence electrons. The molecule has 0 bridgehead atoms. The van der Waals surface area contributed by atoms with Gasteiger partial charge in [-0.15, -0.1) is 11.6 Å². The van der Waals surface area contributed by atoms with E-state index >= 15 is 4.39 Å². The zero-order valence-corrected chi connectivity index (χ0v) is 21.3. The van der Waals surface area contributed by atoms with Gasteiger partial charge in [-0.3, -0.25) is 4.98 Å². The van der Waals surface area contributed by atoms with Gasteiger partial charge in [0.05, 0.1) is 35.8 Å². The molecule has 1 aromatic carbocycles. The Labute approximate surface area is 217 Å². The highest BCUT2D eigenvalue weighted by Gasteiger charge is 2.19. The Hall–Kier alpha value is -3.31. The van der Waals surface area contributed by atoms with Crippen LogP contribution in [0.1, 0.15) is 37.2 Å². The van der Waals surface area contributed by atoms with Crippen LogP contribution in [0.25, 0.3) is 16.8 Å². The first-order chi connectivity index (χ1) is 17.3. The van der Waals surface area contributed by atoms with Crippen molar-refractivity contribution in [2.45, 2.75) is 26.7 Å². The summed E-state index contributed by atoms with van der Waals surface area (Å²) in [6.07, 6.45) is 10.9. The number of carboxylic acids is 1. The van der Waals surface area contributed by atoms with Crippen molar-refractivity contribution >= 4 is 47.1 Å². The number of aromatic nitrogens is 3. The molecule has 36 heavy (non-hydrogen) atoms. The number of aromatic carboxylic acids is 1. The van der Waals surface area contributed by atoms with Crippen LogP contribution in [0.5, 0.6) is 0 Å². The Bertz CT molecular complexity index is 1360. The van der Waals surface area contributed by atoms with E-state index in [1.54, 1.807) is 26.2 Å². The van der Waals surface area contributed by atoms with Gasteiger partial charge in [0.25, 0.3) is 0 Å². The van der Waals surface area contributed by atoms with Crippen LogP contribution in [-0.2, 0) is 4.74 Å². The molecule has 0 aliphatic carbocycles. The van der Waals surface area contributed by atoms with E-state index in [1.807, 2.05) is 13.0 Å². The zero-order chi connectivity index (χ0) is 26.2.